The van der Waals surface area contributed by atoms with Crippen LogP contribution in [0.15, 0.2) is 23.2 Å². The molecule has 1 aromatic carbocycles. The zero-order valence-corrected chi connectivity index (χ0v) is 11.5. The molecule has 19 heavy (non-hydrogen) atoms. The van der Waals surface area contributed by atoms with Crippen LogP contribution in [0.25, 0.3) is 0 Å². The number of nitrogens with zero attached hydrogens (tertiary/aromatic N) is 1. The third-order valence-electron chi connectivity index (χ3n) is 2.31. The number of rotatable bonds is 5. The van der Waals surface area contributed by atoms with Crippen LogP contribution in [0.5, 0.6) is 11.5 Å². The predicted molar refractivity (Wildman–Crippen MR) is 78.0 cm³/mol. The van der Waals surface area contributed by atoms with E-state index in [1.807, 2.05) is 25.1 Å². The summed E-state index contributed by atoms with van der Waals surface area (Å²) < 4.78 is 10.7. The molecule has 0 saturated carbocycles. The lowest BCUT2D eigenvalue weighted by molar-refractivity contribution is 0.311. The molecule has 5 nitrogen and oxygen atoms in total. The Morgan fingerprint density at radius 1 is 1.42 bits per heavy atom. The second-order valence-corrected chi connectivity index (χ2v) is 3.55. The molecular weight excluding hydrogens is 242 g/mol. The van der Waals surface area contributed by atoms with Crippen molar-refractivity contribution in [2.45, 2.75) is 6.92 Å². The quantitative estimate of drug-likeness (QED) is 0.481. The van der Waals surface area contributed by atoms with E-state index in [9.17, 15) is 0 Å². The molecule has 0 aliphatic rings. The van der Waals surface area contributed by atoms with Crippen LogP contribution in [0.1, 0.15) is 6.92 Å². The molecule has 0 aliphatic carbocycles. The minimum Gasteiger partial charge on any atom is -0.493 e. The Balaban J connectivity index is 2.82. The number of terminal acetylenes is 1. The summed E-state index contributed by atoms with van der Waals surface area (Å²) in [5.74, 6) is 4.47. The summed E-state index contributed by atoms with van der Waals surface area (Å²) in [4.78, 5) is 4.06. The summed E-state index contributed by atoms with van der Waals surface area (Å²) >= 11 is 0. The van der Waals surface area contributed by atoms with Crippen LogP contribution in [-0.2, 0) is 0 Å². The zero-order valence-electron chi connectivity index (χ0n) is 11.5. The van der Waals surface area contributed by atoms with Crippen molar-refractivity contribution in [1.29, 1.82) is 0 Å². The Morgan fingerprint density at radius 2 is 2.21 bits per heavy atom. The smallest absolute Gasteiger partial charge is 0.196 e. The van der Waals surface area contributed by atoms with Gasteiger partial charge in [0.1, 0.15) is 0 Å². The van der Waals surface area contributed by atoms with Crippen molar-refractivity contribution < 1.29 is 9.47 Å². The van der Waals surface area contributed by atoms with Crippen LogP contribution in [0.2, 0.25) is 0 Å². The molecule has 0 atom stereocenters. The lowest BCUT2D eigenvalue weighted by Gasteiger charge is -2.13. The lowest BCUT2D eigenvalue weighted by Crippen LogP contribution is -2.30. The third-order valence-corrected chi connectivity index (χ3v) is 2.31. The highest BCUT2D eigenvalue weighted by Gasteiger charge is 2.06. The summed E-state index contributed by atoms with van der Waals surface area (Å²) in [5, 5.41) is 6.09. The number of anilines is 1. The van der Waals surface area contributed by atoms with Crippen molar-refractivity contribution >= 4 is 11.6 Å². The summed E-state index contributed by atoms with van der Waals surface area (Å²) in [6, 6.07) is 5.57. The van der Waals surface area contributed by atoms with Gasteiger partial charge in [-0.05, 0) is 19.1 Å². The van der Waals surface area contributed by atoms with Crippen LogP contribution in [-0.4, -0.2) is 33.3 Å². The number of hydrogen-bond acceptors (Lipinski definition) is 3. The fourth-order valence-electron chi connectivity index (χ4n) is 1.47. The van der Waals surface area contributed by atoms with E-state index < -0.39 is 0 Å². The van der Waals surface area contributed by atoms with Gasteiger partial charge in [-0.1, -0.05) is 5.92 Å². The van der Waals surface area contributed by atoms with Gasteiger partial charge in [0, 0.05) is 18.8 Å². The third kappa shape index (κ3) is 4.43. The molecule has 0 bridgehead atoms. The molecule has 0 heterocycles. The molecule has 0 fully saturated rings. The van der Waals surface area contributed by atoms with Crippen molar-refractivity contribution in [2.24, 2.45) is 4.99 Å². The maximum absolute atomic E-state index is 5.45. The fourth-order valence-corrected chi connectivity index (χ4v) is 1.47. The van der Waals surface area contributed by atoms with Crippen LogP contribution < -0.4 is 20.1 Å². The van der Waals surface area contributed by atoms with Gasteiger partial charge in [0.25, 0.3) is 0 Å². The first-order valence-corrected chi connectivity index (χ1v) is 5.97. The Kier molecular flexibility index (Phi) is 6.10. The average Bonchev–Trinajstić information content (AvgIpc) is 2.45. The largest absolute Gasteiger partial charge is 0.493 e. The molecule has 0 saturated heterocycles. The Morgan fingerprint density at radius 3 is 2.79 bits per heavy atom. The average molecular weight is 261 g/mol. The van der Waals surface area contributed by atoms with Gasteiger partial charge in [0.05, 0.1) is 20.3 Å². The molecule has 0 radical (unpaired) electrons. The maximum Gasteiger partial charge on any atom is 0.196 e. The molecule has 0 spiro atoms. The second kappa shape index (κ2) is 7.88. The molecule has 102 valence electrons. The minimum atomic E-state index is 0.411. The molecule has 1 rings (SSSR count). The van der Waals surface area contributed by atoms with E-state index in [4.69, 9.17) is 15.9 Å². The van der Waals surface area contributed by atoms with E-state index in [0.717, 1.165) is 5.69 Å². The van der Waals surface area contributed by atoms with Gasteiger partial charge >= 0.3 is 0 Å². The first-order valence-electron chi connectivity index (χ1n) is 5.97. The van der Waals surface area contributed by atoms with Gasteiger partial charge in [0.15, 0.2) is 17.5 Å². The molecule has 0 aliphatic heterocycles. The van der Waals surface area contributed by atoms with Gasteiger partial charge in [0.2, 0.25) is 0 Å². The normalized spacial score (nSPS) is 10.5. The number of benzene rings is 1. The highest BCUT2D eigenvalue weighted by molar-refractivity contribution is 5.94. The molecule has 5 heteroatoms. The molecule has 1 aromatic rings. The molecular formula is C14H19N3O2. The van der Waals surface area contributed by atoms with E-state index in [2.05, 4.69) is 21.5 Å². The van der Waals surface area contributed by atoms with Gasteiger partial charge in [-0.2, -0.15) is 0 Å². The van der Waals surface area contributed by atoms with Gasteiger partial charge < -0.3 is 20.1 Å². The highest BCUT2D eigenvalue weighted by Crippen LogP contribution is 2.30. The van der Waals surface area contributed by atoms with E-state index in [1.54, 1.807) is 14.2 Å². The van der Waals surface area contributed by atoms with Crippen LogP contribution >= 0.6 is 0 Å². The highest BCUT2D eigenvalue weighted by atomic mass is 16.5. The molecule has 0 unspecified atom stereocenters. The monoisotopic (exact) mass is 261 g/mol. The minimum absolute atomic E-state index is 0.411. The van der Waals surface area contributed by atoms with Crippen molar-refractivity contribution in [3.63, 3.8) is 0 Å². The first-order chi connectivity index (χ1) is 9.24. The number of methoxy groups -OCH3 is 1. The summed E-state index contributed by atoms with van der Waals surface area (Å²) in [6.07, 6.45) is 5.19. The molecule has 0 aromatic heterocycles. The number of aliphatic imine (C=N–C) groups is 1. The zero-order chi connectivity index (χ0) is 14.1. The molecule has 0 amide bonds. The number of nitrogens with one attached hydrogen (secondary N) is 2. The number of hydrogen-bond donors (Lipinski definition) is 2. The first kappa shape index (κ1) is 14.7. The van der Waals surface area contributed by atoms with Gasteiger partial charge in [-0.3, -0.25) is 4.99 Å². The van der Waals surface area contributed by atoms with Crippen molar-refractivity contribution in [1.82, 2.24) is 5.32 Å². The van der Waals surface area contributed by atoms with Crippen molar-refractivity contribution in [3.05, 3.63) is 18.2 Å². The Bertz CT molecular complexity index is 478. The van der Waals surface area contributed by atoms with E-state index in [0.29, 0.717) is 30.6 Å². The van der Waals surface area contributed by atoms with E-state index in [-0.39, 0.29) is 0 Å². The maximum atomic E-state index is 5.45. The van der Waals surface area contributed by atoms with Gasteiger partial charge in [-0.15, -0.1) is 6.42 Å². The fraction of sp³-hybridized carbons (Fsp3) is 0.357. The Labute approximate surface area is 114 Å². The van der Waals surface area contributed by atoms with Crippen LogP contribution in [0.4, 0.5) is 5.69 Å². The summed E-state index contributed by atoms with van der Waals surface area (Å²) in [5.41, 5.74) is 0.838. The van der Waals surface area contributed by atoms with Crippen molar-refractivity contribution in [3.8, 4) is 23.8 Å². The second-order valence-electron chi connectivity index (χ2n) is 3.55. The SMILES string of the molecule is C#CCNC(=NC)Nc1ccc(OCC)c(OC)c1. The topological polar surface area (TPSA) is 54.9 Å². The number of guanidine groups is 1. The van der Waals surface area contributed by atoms with Gasteiger partial charge in [-0.25, -0.2) is 0 Å². The number of ether oxygens (including phenoxy) is 2. The van der Waals surface area contributed by atoms with E-state index >= 15 is 0 Å². The lowest BCUT2D eigenvalue weighted by atomic mass is 10.2. The standard InChI is InChI=1S/C14H19N3O2/c1-5-9-16-14(15-3)17-11-7-8-12(19-6-2)13(10-11)18-4/h1,7-8,10H,6,9H2,2-4H3,(H2,15,16,17). The summed E-state index contributed by atoms with van der Waals surface area (Å²) in [6.45, 7) is 2.93. The van der Waals surface area contributed by atoms with Crippen molar-refractivity contribution in [2.75, 3.05) is 32.6 Å². The van der Waals surface area contributed by atoms with E-state index in [1.165, 1.54) is 0 Å². The van der Waals surface area contributed by atoms with Crippen LogP contribution in [0, 0.1) is 12.3 Å². The summed E-state index contributed by atoms with van der Waals surface area (Å²) in [7, 11) is 3.28. The molecule has 2 N–H and O–H groups in total. The predicted octanol–water partition coefficient (Wildman–Crippen LogP) is 1.71. The van der Waals surface area contributed by atoms with Crippen LogP contribution in [0.3, 0.4) is 0 Å². The Hall–Kier alpha value is -2.35.